The number of Topliss-reactive ketones (excluding diaryl/α,β-unsaturated/α-hetero) is 1. The third-order valence-corrected chi connectivity index (χ3v) is 7.05. The summed E-state index contributed by atoms with van der Waals surface area (Å²) in [5.41, 5.74) is 3.70. The van der Waals surface area contributed by atoms with E-state index in [2.05, 4.69) is 6.92 Å². The van der Waals surface area contributed by atoms with Crippen molar-refractivity contribution < 1.29 is 19.0 Å². The molecule has 0 aliphatic rings. The van der Waals surface area contributed by atoms with Crippen molar-refractivity contribution in [2.45, 2.75) is 78.1 Å². The van der Waals surface area contributed by atoms with Gasteiger partial charge in [-0.3, -0.25) is 4.79 Å². The van der Waals surface area contributed by atoms with Crippen LogP contribution in [0.15, 0.2) is 103 Å². The third-order valence-electron chi connectivity index (χ3n) is 7.05. The van der Waals surface area contributed by atoms with E-state index in [9.17, 15) is 4.79 Å². The zero-order valence-electron chi connectivity index (χ0n) is 24.2. The number of ether oxygens (including phenoxy) is 3. The van der Waals surface area contributed by atoms with Gasteiger partial charge in [0, 0.05) is 12.0 Å². The van der Waals surface area contributed by atoms with Crippen LogP contribution in [0.4, 0.5) is 0 Å². The number of hydrogen-bond donors (Lipinski definition) is 0. The first-order valence-electron chi connectivity index (χ1n) is 14.9. The van der Waals surface area contributed by atoms with E-state index in [1.165, 1.54) is 32.1 Å². The molecule has 0 spiro atoms. The van der Waals surface area contributed by atoms with Crippen molar-refractivity contribution in [3.8, 4) is 17.2 Å². The lowest BCUT2D eigenvalue weighted by Gasteiger charge is -2.19. The van der Waals surface area contributed by atoms with Gasteiger partial charge < -0.3 is 14.2 Å². The van der Waals surface area contributed by atoms with Gasteiger partial charge in [-0.1, -0.05) is 136 Å². The largest absolute Gasteiger partial charge is 0.485 e. The number of hydrogen-bond acceptors (Lipinski definition) is 4. The molecule has 4 heteroatoms. The van der Waals surface area contributed by atoms with Crippen LogP contribution in [0.1, 0.15) is 85.3 Å². The van der Waals surface area contributed by atoms with Gasteiger partial charge >= 0.3 is 0 Å². The van der Waals surface area contributed by atoms with Crippen LogP contribution in [0, 0.1) is 0 Å². The van der Waals surface area contributed by atoms with Gasteiger partial charge in [-0.15, -0.1) is 0 Å². The van der Waals surface area contributed by atoms with Crippen LogP contribution in [0.3, 0.4) is 0 Å². The SMILES string of the molecule is CCCCCCCCCC(=O)c1cc(OCc2ccccc2)c(OCc2ccccc2)c(OCc2ccccc2)c1. The highest BCUT2D eigenvalue weighted by Crippen LogP contribution is 2.41. The predicted octanol–water partition coefficient (Wildman–Crippen LogP) is 9.75. The van der Waals surface area contributed by atoms with Crippen molar-refractivity contribution in [3.05, 3.63) is 125 Å². The molecule has 4 rings (SSSR count). The smallest absolute Gasteiger partial charge is 0.203 e. The number of carbonyl (C=O) groups excluding carboxylic acids is 1. The molecule has 214 valence electrons. The average Bonchev–Trinajstić information content (AvgIpc) is 3.02. The monoisotopic (exact) mass is 550 g/mol. The van der Waals surface area contributed by atoms with E-state index in [1.807, 2.05) is 103 Å². The highest BCUT2D eigenvalue weighted by molar-refractivity contribution is 5.97. The molecule has 0 amide bonds. The topological polar surface area (TPSA) is 44.8 Å². The molecule has 0 saturated carbocycles. The summed E-state index contributed by atoms with van der Waals surface area (Å²) in [6, 6.07) is 33.7. The van der Waals surface area contributed by atoms with Gasteiger partial charge in [-0.25, -0.2) is 0 Å². The fourth-order valence-electron chi connectivity index (χ4n) is 4.68. The number of unbranched alkanes of at least 4 members (excludes halogenated alkanes) is 6. The summed E-state index contributed by atoms with van der Waals surface area (Å²) in [6.45, 7) is 3.30. The molecule has 0 bridgehead atoms. The van der Waals surface area contributed by atoms with Crippen LogP contribution in [0.5, 0.6) is 17.2 Å². The highest BCUT2D eigenvalue weighted by atomic mass is 16.5. The second-order valence-corrected chi connectivity index (χ2v) is 10.4. The normalized spacial score (nSPS) is 10.8. The van der Waals surface area contributed by atoms with E-state index < -0.39 is 0 Å². The van der Waals surface area contributed by atoms with Crippen LogP contribution < -0.4 is 14.2 Å². The lowest BCUT2D eigenvalue weighted by Crippen LogP contribution is -2.07. The Hall–Kier alpha value is -4.05. The van der Waals surface area contributed by atoms with Gasteiger partial charge in [0.25, 0.3) is 0 Å². The Morgan fingerprint density at radius 3 is 1.41 bits per heavy atom. The summed E-state index contributed by atoms with van der Waals surface area (Å²) in [5, 5.41) is 0. The first-order valence-corrected chi connectivity index (χ1v) is 14.9. The Morgan fingerprint density at radius 1 is 0.537 bits per heavy atom. The Labute approximate surface area is 245 Å². The minimum Gasteiger partial charge on any atom is -0.485 e. The molecule has 0 radical (unpaired) electrons. The molecule has 0 N–H and O–H groups in total. The Kier molecular flexibility index (Phi) is 12.3. The Bertz CT molecular complexity index is 1240. The molecule has 4 aromatic carbocycles. The maximum atomic E-state index is 13.4. The maximum Gasteiger partial charge on any atom is 0.203 e. The molecule has 0 aromatic heterocycles. The third kappa shape index (κ3) is 10.1. The van der Waals surface area contributed by atoms with Gasteiger partial charge in [0.1, 0.15) is 19.8 Å². The fourth-order valence-corrected chi connectivity index (χ4v) is 4.68. The van der Waals surface area contributed by atoms with Crippen molar-refractivity contribution >= 4 is 5.78 Å². The fraction of sp³-hybridized carbons (Fsp3) is 0.324. The summed E-state index contributed by atoms with van der Waals surface area (Å²) < 4.78 is 19.0. The first kappa shape index (κ1) is 29.9. The molecule has 0 aliphatic carbocycles. The van der Waals surface area contributed by atoms with E-state index in [0.717, 1.165) is 29.5 Å². The molecule has 4 nitrogen and oxygen atoms in total. The standard InChI is InChI=1S/C37H42O4/c1-2-3-4-5-6-7-17-24-34(38)33-25-35(39-27-30-18-11-8-12-19-30)37(41-29-32-22-15-10-16-23-32)36(26-33)40-28-31-20-13-9-14-21-31/h8-16,18-23,25-26H,2-7,17,24,27-29H2,1H3. The van der Waals surface area contributed by atoms with Crippen LogP contribution in [0.2, 0.25) is 0 Å². The number of ketones is 1. The highest BCUT2D eigenvalue weighted by Gasteiger charge is 2.19. The lowest BCUT2D eigenvalue weighted by molar-refractivity contribution is 0.0977. The van der Waals surface area contributed by atoms with Gasteiger partial charge in [-0.05, 0) is 35.2 Å². The van der Waals surface area contributed by atoms with Crippen molar-refractivity contribution in [2.24, 2.45) is 0 Å². The second-order valence-electron chi connectivity index (χ2n) is 10.4. The number of benzene rings is 4. The van der Waals surface area contributed by atoms with Crippen LogP contribution in [0.25, 0.3) is 0 Å². The zero-order valence-corrected chi connectivity index (χ0v) is 24.2. The van der Waals surface area contributed by atoms with Gasteiger partial charge in [0.2, 0.25) is 5.75 Å². The molecule has 0 unspecified atom stereocenters. The van der Waals surface area contributed by atoms with Crippen LogP contribution in [-0.2, 0) is 19.8 Å². The lowest BCUT2D eigenvalue weighted by atomic mass is 10.0. The summed E-state index contributed by atoms with van der Waals surface area (Å²) in [4.78, 5) is 13.4. The summed E-state index contributed by atoms with van der Waals surface area (Å²) >= 11 is 0. The van der Waals surface area contributed by atoms with Crippen molar-refractivity contribution in [2.75, 3.05) is 0 Å². The van der Waals surface area contributed by atoms with E-state index in [0.29, 0.717) is 49.1 Å². The summed E-state index contributed by atoms with van der Waals surface area (Å²) in [6.07, 6.45) is 8.69. The Morgan fingerprint density at radius 2 is 0.951 bits per heavy atom. The predicted molar refractivity (Wildman–Crippen MR) is 166 cm³/mol. The molecule has 0 heterocycles. The van der Waals surface area contributed by atoms with Crippen molar-refractivity contribution in [1.29, 1.82) is 0 Å². The van der Waals surface area contributed by atoms with Crippen LogP contribution in [-0.4, -0.2) is 5.78 Å². The Balaban J connectivity index is 1.57. The molecule has 0 fully saturated rings. The van der Waals surface area contributed by atoms with Gasteiger partial charge in [0.05, 0.1) is 0 Å². The molecular weight excluding hydrogens is 508 g/mol. The first-order chi connectivity index (χ1) is 20.2. The van der Waals surface area contributed by atoms with Crippen molar-refractivity contribution in [3.63, 3.8) is 0 Å². The number of rotatable bonds is 18. The molecule has 0 aliphatic heterocycles. The minimum absolute atomic E-state index is 0.0993. The molecule has 0 saturated heterocycles. The molecule has 4 aromatic rings. The zero-order chi connectivity index (χ0) is 28.5. The van der Waals surface area contributed by atoms with Gasteiger partial charge in [0.15, 0.2) is 17.3 Å². The van der Waals surface area contributed by atoms with Gasteiger partial charge in [-0.2, -0.15) is 0 Å². The average molecular weight is 551 g/mol. The van der Waals surface area contributed by atoms with E-state index in [4.69, 9.17) is 14.2 Å². The minimum atomic E-state index is 0.0993. The van der Waals surface area contributed by atoms with E-state index in [1.54, 1.807) is 0 Å². The van der Waals surface area contributed by atoms with Crippen molar-refractivity contribution in [1.82, 2.24) is 0 Å². The van der Waals surface area contributed by atoms with E-state index >= 15 is 0 Å². The summed E-state index contributed by atoms with van der Waals surface area (Å²) in [7, 11) is 0. The quantitative estimate of drug-likeness (QED) is 0.0913. The van der Waals surface area contributed by atoms with Crippen LogP contribution >= 0.6 is 0 Å². The maximum absolute atomic E-state index is 13.4. The second kappa shape index (κ2) is 16.9. The van der Waals surface area contributed by atoms with E-state index in [-0.39, 0.29) is 5.78 Å². The molecule has 41 heavy (non-hydrogen) atoms. The summed E-state index contributed by atoms with van der Waals surface area (Å²) in [5.74, 6) is 1.63. The molecular formula is C37H42O4. The number of carbonyl (C=O) groups is 1. The molecule has 0 atom stereocenters.